The lowest BCUT2D eigenvalue weighted by atomic mass is 9.93. The molecule has 1 fully saturated rings. The number of aliphatic hydroxyl groups is 1. The summed E-state index contributed by atoms with van der Waals surface area (Å²) < 4.78 is 0. The fourth-order valence-corrected chi connectivity index (χ4v) is 5.49. The van der Waals surface area contributed by atoms with E-state index < -0.39 is 0 Å². The fourth-order valence-electron chi connectivity index (χ4n) is 3.55. The minimum atomic E-state index is -0.0935. The summed E-state index contributed by atoms with van der Waals surface area (Å²) in [6.45, 7) is 12.3. The molecule has 0 spiro atoms. The summed E-state index contributed by atoms with van der Waals surface area (Å²) in [5.74, 6) is 6.37. The maximum Gasteiger partial charge on any atom is 0.187 e. The van der Waals surface area contributed by atoms with Gasteiger partial charge < -0.3 is 14.8 Å². The molecule has 1 heterocycles. The number of thioether (sulfide) groups is 2. The smallest absolute Gasteiger partial charge is 0.187 e. The normalized spacial score (nSPS) is 19.4. The van der Waals surface area contributed by atoms with Gasteiger partial charge in [0.2, 0.25) is 0 Å². The zero-order valence-corrected chi connectivity index (χ0v) is 21.3. The summed E-state index contributed by atoms with van der Waals surface area (Å²) in [6.07, 6.45) is 9.67. The molecule has 1 aliphatic carbocycles. The maximum absolute atomic E-state index is 11.0. The van der Waals surface area contributed by atoms with E-state index in [-0.39, 0.29) is 18.2 Å². The zero-order chi connectivity index (χ0) is 23.6. The van der Waals surface area contributed by atoms with Gasteiger partial charge in [-0.25, -0.2) is 9.97 Å². The van der Waals surface area contributed by atoms with Crippen molar-refractivity contribution in [3.05, 3.63) is 40.5 Å². The minimum absolute atomic E-state index is 0.0403. The monoisotopic (exact) mass is 473 g/mol. The van der Waals surface area contributed by atoms with Gasteiger partial charge in [0.05, 0.1) is 4.91 Å². The van der Waals surface area contributed by atoms with Gasteiger partial charge in [0.25, 0.3) is 0 Å². The molecule has 0 amide bonds. The van der Waals surface area contributed by atoms with Crippen molar-refractivity contribution < 1.29 is 9.90 Å². The molecule has 0 radical (unpaired) electrons. The fraction of sp³-hybridized carbons (Fsp3) is 0.560. The number of carbonyl (C=O) groups excluding carboxylic acids is 1. The van der Waals surface area contributed by atoms with Crippen LogP contribution in [0.15, 0.2) is 45.7 Å². The Hall–Kier alpha value is -1.75. The lowest BCUT2D eigenvalue weighted by Crippen LogP contribution is -2.38. The highest BCUT2D eigenvalue weighted by atomic mass is 32.2. The molecule has 1 aromatic rings. The van der Waals surface area contributed by atoms with Crippen LogP contribution in [0.3, 0.4) is 0 Å². The lowest BCUT2D eigenvalue weighted by Gasteiger charge is -2.38. The van der Waals surface area contributed by atoms with Crippen LogP contribution in [0, 0.1) is 17.3 Å². The molecule has 2 rings (SSSR count). The summed E-state index contributed by atoms with van der Waals surface area (Å²) in [4.78, 5) is 23.6. The molecule has 1 N–H and O–H groups in total. The largest absolute Gasteiger partial charge is 0.376 e. The highest BCUT2D eigenvalue weighted by Gasteiger charge is 2.28. The van der Waals surface area contributed by atoms with Gasteiger partial charge in [-0.3, -0.25) is 0 Å². The second-order valence-corrected chi connectivity index (χ2v) is 11.4. The second-order valence-electron chi connectivity index (χ2n) is 8.93. The molecular weight excluding hydrogens is 438 g/mol. The number of nitrogens with zero attached hydrogens (tertiary/aromatic N) is 3. The van der Waals surface area contributed by atoms with E-state index in [1.54, 1.807) is 24.2 Å². The van der Waals surface area contributed by atoms with Crippen molar-refractivity contribution >= 4 is 29.8 Å². The van der Waals surface area contributed by atoms with Gasteiger partial charge in [0.15, 0.2) is 5.16 Å². The number of allylic oxidation sites excluding steroid dienone is 3. The number of rotatable bonds is 10. The number of hydrogen-bond donors (Lipinski definition) is 1. The first kappa shape index (κ1) is 26.5. The number of aldehydes is 1. The quantitative estimate of drug-likeness (QED) is 0.204. The molecule has 1 aliphatic rings. The SMILES string of the molecule is C=C(C#CC(C)(C)C)S/C(CCC=O)=C(\C)N(CO)C1CCC(Sc2ncccn2)CC1. The highest BCUT2D eigenvalue weighted by Crippen LogP contribution is 2.37. The first-order chi connectivity index (χ1) is 15.2. The Bertz CT molecular complexity index is 845. The van der Waals surface area contributed by atoms with Gasteiger partial charge in [-0.1, -0.05) is 41.9 Å². The summed E-state index contributed by atoms with van der Waals surface area (Å²) in [7, 11) is 0. The first-order valence-electron chi connectivity index (χ1n) is 11.1. The standard InChI is InChI=1S/C25H35N3O2S2/c1-19(13-14-25(3,4)5)31-23(8-6-17-29)20(2)28(18-30)21-9-11-22(12-10-21)32-24-26-15-7-16-27-24/h7,15-17,21-22,30H,1,6,8-12,18H2,2-5H3/b23-20+. The average Bonchev–Trinajstić information content (AvgIpc) is 2.77. The van der Waals surface area contributed by atoms with Crippen molar-refractivity contribution in [3.8, 4) is 11.8 Å². The third kappa shape index (κ3) is 9.01. The number of hydrogen-bond acceptors (Lipinski definition) is 7. The Kier molecular flexibility index (Phi) is 10.8. The van der Waals surface area contributed by atoms with Gasteiger partial charge in [0, 0.05) is 46.1 Å². The summed E-state index contributed by atoms with van der Waals surface area (Å²) in [5, 5.41) is 11.5. The molecule has 1 aromatic heterocycles. The van der Waals surface area contributed by atoms with E-state index in [9.17, 15) is 9.90 Å². The molecule has 5 nitrogen and oxygen atoms in total. The highest BCUT2D eigenvalue weighted by molar-refractivity contribution is 8.07. The molecule has 0 saturated heterocycles. The topological polar surface area (TPSA) is 66.3 Å². The van der Waals surface area contributed by atoms with Crippen molar-refractivity contribution in [2.45, 2.75) is 82.7 Å². The van der Waals surface area contributed by atoms with Crippen molar-refractivity contribution in [3.63, 3.8) is 0 Å². The van der Waals surface area contributed by atoms with E-state index in [0.29, 0.717) is 18.1 Å². The van der Waals surface area contributed by atoms with Crippen LogP contribution < -0.4 is 0 Å². The number of aromatic nitrogens is 2. The van der Waals surface area contributed by atoms with Crippen LogP contribution in [-0.4, -0.2) is 44.3 Å². The Labute approximate surface area is 201 Å². The van der Waals surface area contributed by atoms with E-state index in [1.165, 1.54) is 11.8 Å². The molecule has 7 heteroatoms. The van der Waals surface area contributed by atoms with Crippen LogP contribution >= 0.6 is 23.5 Å². The molecule has 0 bridgehead atoms. The molecular formula is C25H35N3O2S2. The van der Waals surface area contributed by atoms with E-state index in [0.717, 1.165) is 52.6 Å². The van der Waals surface area contributed by atoms with E-state index >= 15 is 0 Å². The summed E-state index contributed by atoms with van der Waals surface area (Å²) >= 11 is 3.27. The van der Waals surface area contributed by atoms with E-state index in [2.05, 4.69) is 54.1 Å². The minimum Gasteiger partial charge on any atom is -0.376 e. The van der Waals surface area contributed by atoms with Crippen LogP contribution in [0.25, 0.3) is 0 Å². The van der Waals surface area contributed by atoms with Crippen LogP contribution in [0.4, 0.5) is 0 Å². The van der Waals surface area contributed by atoms with Gasteiger partial charge in [-0.05, 0) is 65.9 Å². The Morgan fingerprint density at radius 1 is 1.28 bits per heavy atom. The van der Waals surface area contributed by atoms with Gasteiger partial charge in [0.1, 0.15) is 13.0 Å². The third-order valence-corrected chi connectivity index (χ3v) is 7.52. The zero-order valence-electron chi connectivity index (χ0n) is 19.6. The Morgan fingerprint density at radius 2 is 1.94 bits per heavy atom. The molecule has 0 unspecified atom stereocenters. The van der Waals surface area contributed by atoms with Gasteiger partial charge in [-0.2, -0.15) is 0 Å². The van der Waals surface area contributed by atoms with Crippen LogP contribution in [0.5, 0.6) is 0 Å². The Balaban J connectivity index is 2.07. The first-order valence-corrected chi connectivity index (χ1v) is 12.8. The number of aliphatic hydroxyl groups excluding tert-OH is 1. The number of carbonyl (C=O) groups is 1. The third-order valence-electron chi connectivity index (χ3n) is 5.20. The summed E-state index contributed by atoms with van der Waals surface area (Å²) in [5.41, 5.74) is 0.921. The Morgan fingerprint density at radius 3 is 2.50 bits per heavy atom. The molecule has 1 saturated carbocycles. The van der Waals surface area contributed by atoms with Crippen molar-refractivity contribution in [2.75, 3.05) is 6.73 Å². The van der Waals surface area contributed by atoms with Crippen LogP contribution in [-0.2, 0) is 4.79 Å². The van der Waals surface area contributed by atoms with E-state index in [1.807, 2.05) is 13.0 Å². The summed E-state index contributed by atoms with van der Waals surface area (Å²) in [6, 6.07) is 2.10. The molecule has 0 aromatic carbocycles. The van der Waals surface area contributed by atoms with Crippen molar-refractivity contribution in [1.82, 2.24) is 14.9 Å². The van der Waals surface area contributed by atoms with Gasteiger partial charge in [-0.15, -0.1) is 0 Å². The molecule has 174 valence electrons. The molecule has 32 heavy (non-hydrogen) atoms. The predicted octanol–water partition coefficient (Wildman–Crippen LogP) is 5.64. The molecule has 0 atom stereocenters. The van der Waals surface area contributed by atoms with Crippen molar-refractivity contribution in [2.24, 2.45) is 5.41 Å². The lowest BCUT2D eigenvalue weighted by molar-refractivity contribution is -0.107. The van der Waals surface area contributed by atoms with E-state index in [4.69, 9.17) is 0 Å². The molecule has 0 aliphatic heterocycles. The van der Waals surface area contributed by atoms with Crippen LogP contribution in [0.1, 0.15) is 66.2 Å². The maximum atomic E-state index is 11.0. The van der Waals surface area contributed by atoms with Gasteiger partial charge >= 0.3 is 0 Å². The average molecular weight is 474 g/mol. The second kappa shape index (κ2) is 13.1. The van der Waals surface area contributed by atoms with Crippen molar-refractivity contribution in [1.29, 1.82) is 0 Å². The van der Waals surface area contributed by atoms with Crippen LogP contribution in [0.2, 0.25) is 0 Å². The predicted molar refractivity (Wildman–Crippen MR) is 135 cm³/mol.